The summed E-state index contributed by atoms with van der Waals surface area (Å²) in [6, 6.07) is 2.52. The van der Waals surface area contributed by atoms with Gasteiger partial charge in [-0.1, -0.05) is 0 Å². The summed E-state index contributed by atoms with van der Waals surface area (Å²) < 4.78 is 38.4. The molecule has 0 unspecified atom stereocenters. The van der Waals surface area contributed by atoms with Crippen LogP contribution in [0.4, 0.5) is 13.2 Å². The van der Waals surface area contributed by atoms with Crippen molar-refractivity contribution >= 4 is 0 Å². The van der Waals surface area contributed by atoms with E-state index < -0.39 is 11.9 Å². The van der Waals surface area contributed by atoms with Gasteiger partial charge in [0.1, 0.15) is 5.69 Å². The van der Waals surface area contributed by atoms with Gasteiger partial charge in [0.2, 0.25) is 0 Å². The SMILES string of the molecule is Cc1nc(C(F)(F)F)ccc1-c1n[nH]c2c1CN(CC1CC1)CC2. The fourth-order valence-corrected chi connectivity index (χ4v) is 3.36. The van der Waals surface area contributed by atoms with Crippen LogP contribution in [0.2, 0.25) is 0 Å². The lowest BCUT2D eigenvalue weighted by Crippen LogP contribution is -2.32. The zero-order valence-corrected chi connectivity index (χ0v) is 13.5. The summed E-state index contributed by atoms with van der Waals surface area (Å²) in [4.78, 5) is 6.16. The Morgan fingerprint density at radius 1 is 1.29 bits per heavy atom. The molecular formula is C17H19F3N4. The third-order valence-corrected chi connectivity index (χ3v) is 4.86. The standard InChI is InChI=1S/C17H19F3N4/c1-10-12(4-5-15(21-10)17(18,19)20)16-13-9-24(8-11-2-3-11)7-6-14(13)22-23-16/h4-5,11H,2-3,6-9H2,1H3,(H,22,23). The third-order valence-electron chi connectivity index (χ3n) is 4.86. The van der Waals surface area contributed by atoms with E-state index in [1.807, 2.05) is 0 Å². The van der Waals surface area contributed by atoms with Crippen molar-refractivity contribution in [1.82, 2.24) is 20.1 Å². The normalized spacial score (nSPS) is 18.7. The molecule has 1 aliphatic carbocycles. The van der Waals surface area contributed by atoms with Crippen LogP contribution in [0.25, 0.3) is 11.3 Å². The summed E-state index contributed by atoms with van der Waals surface area (Å²) in [6.07, 6.45) is -0.898. The number of rotatable bonds is 3. The van der Waals surface area contributed by atoms with Gasteiger partial charge in [-0.15, -0.1) is 0 Å². The van der Waals surface area contributed by atoms with E-state index in [1.165, 1.54) is 18.9 Å². The minimum absolute atomic E-state index is 0.360. The largest absolute Gasteiger partial charge is 0.433 e. The first-order chi connectivity index (χ1) is 11.4. The molecule has 128 valence electrons. The second-order valence-corrected chi connectivity index (χ2v) is 6.79. The summed E-state index contributed by atoms with van der Waals surface area (Å²) in [5.74, 6) is 0.816. The number of nitrogens with zero attached hydrogens (tertiary/aromatic N) is 3. The highest BCUT2D eigenvalue weighted by molar-refractivity contribution is 5.66. The van der Waals surface area contributed by atoms with Gasteiger partial charge >= 0.3 is 6.18 Å². The van der Waals surface area contributed by atoms with Gasteiger partial charge in [-0.05, 0) is 37.8 Å². The van der Waals surface area contributed by atoms with Gasteiger partial charge in [-0.2, -0.15) is 18.3 Å². The van der Waals surface area contributed by atoms with Gasteiger partial charge in [0.05, 0.1) is 5.69 Å². The van der Waals surface area contributed by atoms with Crippen LogP contribution in [-0.4, -0.2) is 33.2 Å². The van der Waals surface area contributed by atoms with Crippen LogP contribution in [0, 0.1) is 12.8 Å². The number of hydrogen-bond acceptors (Lipinski definition) is 3. The Hall–Kier alpha value is -1.89. The topological polar surface area (TPSA) is 44.8 Å². The highest BCUT2D eigenvalue weighted by Gasteiger charge is 2.33. The first-order valence-electron chi connectivity index (χ1n) is 8.25. The molecule has 0 atom stereocenters. The van der Waals surface area contributed by atoms with Crippen molar-refractivity contribution in [2.75, 3.05) is 13.1 Å². The predicted molar refractivity (Wildman–Crippen MR) is 83.3 cm³/mol. The average molecular weight is 336 g/mol. The maximum Gasteiger partial charge on any atom is 0.433 e. The molecule has 24 heavy (non-hydrogen) atoms. The minimum Gasteiger partial charge on any atom is -0.298 e. The first-order valence-corrected chi connectivity index (χ1v) is 8.25. The molecule has 1 fully saturated rings. The van der Waals surface area contributed by atoms with Crippen LogP contribution in [0.15, 0.2) is 12.1 Å². The summed E-state index contributed by atoms with van der Waals surface area (Å²) in [6.45, 7) is 4.53. The molecular weight excluding hydrogens is 317 g/mol. The number of H-pyrrole nitrogens is 1. The molecule has 4 nitrogen and oxygen atoms in total. The fraction of sp³-hybridized carbons (Fsp3) is 0.529. The van der Waals surface area contributed by atoms with E-state index in [-0.39, 0.29) is 0 Å². The predicted octanol–water partition coefficient (Wildman–Crippen LogP) is 3.57. The van der Waals surface area contributed by atoms with E-state index in [4.69, 9.17) is 0 Å². The molecule has 2 aromatic rings. The molecule has 1 N–H and O–H groups in total. The van der Waals surface area contributed by atoms with Crippen LogP contribution in [0.5, 0.6) is 0 Å². The van der Waals surface area contributed by atoms with Crippen molar-refractivity contribution in [3.8, 4) is 11.3 Å². The number of aryl methyl sites for hydroxylation is 1. The molecule has 1 saturated carbocycles. The van der Waals surface area contributed by atoms with E-state index in [0.29, 0.717) is 11.3 Å². The molecule has 0 radical (unpaired) electrons. The molecule has 4 rings (SSSR count). The summed E-state index contributed by atoms with van der Waals surface area (Å²) in [5.41, 5.74) is 3.11. The van der Waals surface area contributed by atoms with Gasteiger partial charge in [-0.25, -0.2) is 4.98 Å². The maximum atomic E-state index is 12.8. The van der Waals surface area contributed by atoms with E-state index in [1.54, 1.807) is 6.92 Å². The first kappa shape index (κ1) is 15.6. The summed E-state index contributed by atoms with van der Waals surface area (Å²) >= 11 is 0. The third kappa shape index (κ3) is 2.92. The Kier molecular flexibility index (Phi) is 3.63. The number of nitrogens with one attached hydrogen (secondary N) is 1. The Bertz CT molecular complexity index is 762. The zero-order chi connectivity index (χ0) is 16.9. The lowest BCUT2D eigenvalue weighted by atomic mass is 10.00. The molecule has 0 aromatic carbocycles. The molecule has 0 bridgehead atoms. The van der Waals surface area contributed by atoms with Crippen molar-refractivity contribution in [2.45, 2.75) is 38.9 Å². The van der Waals surface area contributed by atoms with E-state index in [0.717, 1.165) is 55.0 Å². The number of pyridine rings is 1. The molecule has 1 aliphatic heterocycles. The minimum atomic E-state index is -4.42. The zero-order valence-electron chi connectivity index (χ0n) is 13.5. The molecule has 0 saturated heterocycles. The fourth-order valence-electron chi connectivity index (χ4n) is 3.36. The van der Waals surface area contributed by atoms with Crippen molar-refractivity contribution in [3.05, 3.63) is 34.8 Å². The lowest BCUT2D eigenvalue weighted by molar-refractivity contribution is -0.141. The van der Waals surface area contributed by atoms with Crippen LogP contribution < -0.4 is 0 Å². The molecule has 0 spiro atoms. The molecule has 7 heteroatoms. The van der Waals surface area contributed by atoms with Crippen LogP contribution in [0.1, 0.15) is 35.5 Å². The second-order valence-electron chi connectivity index (χ2n) is 6.79. The monoisotopic (exact) mass is 336 g/mol. The number of hydrogen-bond donors (Lipinski definition) is 1. The van der Waals surface area contributed by atoms with Crippen LogP contribution >= 0.6 is 0 Å². The highest BCUT2D eigenvalue weighted by atomic mass is 19.4. The number of aromatic nitrogens is 3. The average Bonchev–Trinajstić information content (AvgIpc) is 3.24. The summed E-state index contributed by atoms with van der Waals surface area (Å²) in [7, 11) is 0. The quantitative estimate of drug-likeness (QED) is 0.932. The summed E-state index contributed by atoms with van der Waals surface area (Å²) in [5, 5.41) is 7.44. The van der Waals surface area contributed by atoms with Gasteiger partial charge in [-0.3, -0.25) is 10.00 Å². The number of aromatic amines is 1. The Balaban J connectivity index is 1.65. The van der Waals surface area contributed by atoms with Crippen molar-refractivity contribution in [3.63, 3.8) is 0 Å². The Labute approximate surface area is 138 Å². The van der Waals surface area contributed by atoms with Gasteiger partial charge in [0, 0.05) is 48.6 Å². The smallest absolute Gasteiger partial charge is 0.298 e. The highest BCUT2D eigenvalue weighted by Crippen LogP contribution is 2.35. The second kappa shape index (κ2) is 5.58. The van der Waals surface area contributed by atoms with Gasteiger partial charge in [0.25, 0.3) is 0 Å². The number of alkyl halides is 3. The van der Waals surface area contributed by atoms with Crippen molar-refractivity contribution in [1.29, 1.82) is 0 Å². The van der Waals surface area contributed by atoms with E-state index in [2.05, 4.69) is 20.1 Å². The van der Waals surface area contributed by atoms with E-state index in [9.17, 15) is 13.2 Å². The Morgan fingerprint density at radius 2 is 2.08 bits per heavy atom. The van der Waals surface area contributed by atoms with Crippen molar-refractivity contribution < 1.29 is 13.2 Å². The van der Waals surface area contributed by atoms with Crippen molar-refractivity contribution in [2.24, 2.45) is 5.92 Å². The molecule has 0 amide bonds. The molecule has 2 aliphatic rings. The maximum absolute atomic E-state index is 12.8. The van der Waals surface area contributed by atoms with E-state index >= 15 is 0 Å². The van der Waals surface area contributed by atoms with Gasteiger partial charge in [0.15, 0.2) is 0 Å². The van der Waals surface area contributed by atoms with Gasteiger partial charge < -0.3 is 0 Å². The lowest BCUT2D eigenvalue weighted by Gasteiger charge is -2.27. The molecule has 3 heterocycles. The molecule has 2 aromatic heterocycles. The van der Waals surface area contributed by atoms with Crippen LogP contribution in [-0.2, 0) is 19.1 Å². The number of halogens is 3. The van der Waals surface area contributed by atoms with Crippen LogP contribution in [0.3, 0.4) is 0 Å². The number of fused-ring (bicyclic) bond motifs is 1. The Morgan fingerprint density at radius 3 is 2.75 bits per heavy atom.